The van der Waals surface area contributed by atoms with Gasteiger partial charge in [-0.15, -0.1) is 0 Å². The molecule has 1 aliphatic rings. The second kappa shape index (κ2) is 8.80. The monoisotopic (exact) mass is 423 g/mol. The molecular formula is C18H21N3O5S2. The maximum absolute atomic E-state index is 12.8. The molecule has 0 radical (unpaired) electrons. The zero-order valence-corrected chi connectivity index (χ0v) is 16.9. The van der Waals surface area contributed by atoms with E-state index in [0.717, 1.165) is 43.3 Å². The molecule has 1 saturated carbocycles. The number of benzene rings is 1. The molecule has 10 heteroatoms. The number of oxime groups is 1. The van der Waals surface area contributed by atoms with Crippen LogP contribution in [0.4, 0.5) is 5.13 Å². The van der Waals surface area contributed by atoms with E-state index in [1.54, 1.807) is 0 Å². The molecule has 1 aliphatic carbocycles. The van der Waals surface area contributed by atoms with Crippen molar-refractivity contribution in [1.29, 1.82) is 0 Å². The Morgan fingerprint density at radius 2 is 2.00 bits per heavy atom. The molecule has 150 valence electrons. The summed E-state index contributed by atoms with van der Waals surface area (Å²) in [7, 11) is -3.34. The molecule has 1 aromatic heterocycles. The number of nitrogens with one attached hydrogen (secondary N) is 1. The number of aromatic nitrogens is 1. The average molecular weight is 424 g/mol. The first-order chi connectivity index (χ1) is 13.4. The standard InChI is InChI=1S/C18H21N3O5S2/c1-28(24,25)15-8-6-12(7-9-15)16(21-26-13-4-2-3-5-13)17(23)20-18-19-10-14(11-22)27-18/h6-10,13,22H,2-5,11H2,1H3,(H,19,20,23)/b21-16+. The lowest BCUT2D eigenvalue weighted by atomic mass is 10.1. The van der Waals surface area contributed by atoms with E-state index in [-0.39, 0.29) is 23.3 Å². The smallest absolute Gasteiger partial charge is 0.280 e. The maximum atomic E-state index is 12.8. The Morgan fingerprint density at radius 1 is 1.32 bits per heavy atom. The molecule has 0 spiro atoms. The molecule has 0 bridgehead atoms. The Hall–Kier alpha value is -2.30. The normalized spacial score (nSPS) is 15.6. The van der Waals surface area contributed by atoms with Crippen molar-refractivity contribution < 1.29 is 23.2 Å². The lowest BCUT2D eigenvalue weighted by molar-refractivity contribution is -0.110. The summed E-state index contributed by atoms with van der Waals surface area (Å²) in [4.78, 5) is 23.1. The van der Waals surface area contributed by atoms with Crippen LogP contribution in [0.15, 0.2) is 40.5 Å². The fraction of sp³-hybridized carbons (Fsp3) is 0.389. The van der Waals surface area contributed by atoms with E-state index in [4.69, 9.17) is 9.94 Å². The molecule has 2 aromatic rings. The van der Waals surface area contributed by atoms with Crippen molar-refractivity contribution in [3.05, 3.63) is 40.9 Å². The van der Waals surface area contributed by atoms with Crippen molar-refractivity contribution in [1.82, 2.24) is 4.98 Å². The Bertz CT molecular complexity index is 961. The largest absolute Gasteiger partial charge is 0.392 e. The third kappa shape index (κ3) is 5.15. The summed E-state index contributed by atoms with van der Waals surface area (Å²) >= 11 is 1.15. The lowest BCUT2D eigenvalue weighted by Crippen LogP contribution is -2.25. The van der Waals surface area contributed by atoms with Gasteiger partial charge in [0.25, 0.3) is 5.91 Å². The molecule has 0 saturated heterocycles. The molecular weight excluding hydrogens is 402 g/mol. The van der Waals surface area contributed by atoms with Crippen molar-refractivity contribution in [2.24, 2.45) is 5.16 Å². The number of anilines is 1. The quantitative estimate of drug-likeness (QED) is 0.521. The van der Waals surface area contributed by atoms with Crippen LogP contribution in [-0.2, 0) is 26.1 Å². The number of carbonyl (C=O) groups is 1. The van der Waals surface area contributed by atoms with Crippen LogP contribution < -0.4 is 5.32 Å². The summed E-state index contributed by atoms with van der Waals surface area (Å²) in [5.74, 6) is -0.524. The van der Waals surface area contributed by atoms with E-state index in [2.05, 4.69) is 15.5 Å². The molecule has 1 aromatic carbocycles. The van der Waals surface area contributed by atoms with E-state index in [0.29, 0.717) is 15.6 Å². The highest BCUT2D eigenvalue weighted by Crippen LogP contribution is 2.22. The third-order valence-electron chi connectivity index (χ3n) is 4.30. The first-order valence-corrected chi connectivity index (χ1v) is 11.5. The van der Waals surface area contributed by atoms with Gasteiger partial charge in [0.1, 0.15) is 6.10 Å². The van der Waals surface area contributed by atoms with Gasteiger partial charge in [-0.3, -0.25) is 10.1 Å². The van der Waals surface area contributed by atoms with Gasteiger partial charge in [0, 0.05) is 18.0 Å². The first kappa shape index (κ1) is 20.4. The van der Waals surface area contributed by atoms with Gasteiger partial charge in [-0.05, 0) is 37.8 Å². The van der Waals surface area contributed by atoms with Crippen LogP contribution in [0.2, 0.25) is 0 Å². The Kier molecular flexibility index (Phi) is 6.42. The zero-order chi connectivity index (χ0) is 20.1. The van der Waals surface area contributed by atoms with Gasteiger partial charge in [0.2, 0.25) is 0 Å². The minimum absolute atomic E-state index is 0.0288. The summed E-state index contributed by atoms with van der Waals surface area (Å²) in [6.07, 6.45) is 6.47. The van der Waals surface area contributed by atoms with Crippen molar-refractivity contribution in [3.63, 3.8) is 0 Å². The third-order valence-corrected chi connectivity index (χ3v) is 6.32. The highest BCUT2D eigenvalue weighted by molar-refractivity contribution is 7.90. The Labute approximate surface area is 167 Å². The van der Waals surface area contributed by atoms with Gasteiger partial charge in [-0.25, -0.2) is 13.4 Å². The van der Waals surface area contributed by atoms with Crippen LogP contribution in [0.25, 0.3) is 0 Å². The number of amides is 1. The fourth-order valence-electron chi connectivity index (χ4n) is 2.80. The minimum atomic E-state index is -3.34. The predicted molar refractivity (Wildman–Crippen MR) is 106 cm³/mol. The van der Waals surface area contributed by atoms with Gasteiger partial charge in [-0.1, -0.05) is 28.6 Å². The summed E-state index contributed by atoms with van der Waals surface area (Å²) in [5, 5.41) is 16.2. The second-order valence-corrected chi connectivity index (χ2v) is 9.62. The summed E-state index contributed by atoms with van der Waals surface area (Å²) < 4.78 is 23.3. The van der Waals surface area contributed by atoms with Gasteiger partial charge < -0.3 is 9.94 Å². The van der Waals surface area contributed by atoms with Crippen molar-refractivity contribution >= 4 is 37.9 Å². The topological polar surface area (TPSA) is 118 Å². The van der Waals surface area contributed by atoms with Crippen molar-refractivity contribution in [3.8, 4) is 0 Å². The Morgan fingerprint density at radius 3 is 2.57 bits per heavy atom. The van der Waals surface area contributed by atoms with E-state index in [9.17, 15) is 13.2 Å². The fourth-order valence-corrected chi connectivity index (χ4v) is 4.10. The lowest BCUT2D eigenvalue weighted by Gasteiger charge is -2.10. The van der Waals surface area contributed by atoms with Crippen LogP contribution in [0.1, 0.15) is 36.1 Å². The number of aliphatic hydroxyl groups is 1. The summed E-state index contributed by atoms with van der Waals surface area (Å²) in [6, 6.07) is 5.90. The Balaban J connectivity index is 1.85. The molecule has 0 aliphatic heterocycles. The minimum Gasteiger partial charge on any atom is -0.392 e. The molecule has 8 nitrogen and oxygen atoms in total. The van der Waals surface area contributed by atoms with Gasteiger partial charge in [-0.2, -0.15) is 0 Å². The predicted octanol–water partition coefficient (Wildman–Crippen LogP) is 2.34. The number of hydrogen-bond acceptors (Lipinski definition) is 8. The highest BCUT2D eigenvalue weighted by Gasteiger charge is 2.21. The van der Waals surface area contributed by atoms with Crippen LogP contribution in [0.3, 0.4) is 0 Å². The summed E-state index contributed by atoms with van der Waals surface area (Å²) in [5.41, 5.74) is 0.467. The molecule has 1 amide bonds. The number of aliphatic hydroxyl groups excluding tert-OH is 1. The van der Waals surface area contributed by atoms with Crippen molar-refractivity contribution in [2.45, 2.75) is 43.3 Å². The first-order valence-electron chi connectivity index (χ1n) is 8.78. The number of thiazole rings is 1. The van der Waals surface area contributed by atoms with Gasteiger partial charge in [0.15, 0.2) is 20.7 Å². The summed E-state index contributed by atoms with van der Waals surface area (Å²) in [6.45, 7) is -0.160. The maximum Gasteiger partial charge on any atom is 0.280 e. The van der Waals surface area contributed by atoms with E-state index in [1.807, 2.05) is 0 Å². The van der Waals surface area contributed by atoms with E-state index < -0.39 is 15.7 Å². The molecule has 28 heavy (non-hydrogen) atoms. The number of nitrogens with zero attached hydrogens (tertiary/aromatic N) is 2. The number of rotatable bonds is 7. The highest BCUT2D eigenvalue weighted by atomic mass is 32.2. The number of sulfone groups is 1. The molecule has 1 heterocycles. The molecule has 2 N–H and O–H groups in total. The van der Waals surface area contributed by atoms with E-state index in [1.165, 1.54) is 30.5 Å². The number of hydrogen-bond donors (Lipinski definition) is 2. The molecule has 0 atom stereocenters. The van der Waals surface area contributed by atoms with Crippen LogP contribution >= 0.6 is 11.3 Å². The average Bonchev–Trinajstić information content (AvgIpc) is 3.33. The molecule has 3 rings (SSSR count). The molecule has 0 unspecified atom stereocenters. The second-order valence-electron chi connectivity index (χ2n) is 6.49. The van der Waals surface area contributed by atoms with Crippen LogP contribution in [0, 0.1) is 0 Å². The SMILES string of the molecule is CS(=O)(=O)c1ccc(/C(=N\OC2CCCC2)C(=O)Nc2ncc(CO)s2)cc1. The van der Waals surface area contributed by atoms with Crippen LogP contribution in [-0.4, -0.2) is 42.5 Å². The number of carbonyl (C=O) groups excluding carboxylic acids is 1. The van der Waals surface area contributed by atoms with Gasteiger partial charge >= 0.3 is 0 Å². The van der Waals surface area contributed by atoms with Crippen molar-refractivity contribution in [2.75, 3.05) is 11.6 Å². The molecule has 1 fully saturated rings. The van der Waals surface area contributed by atoms with Gasteiger partial charge in [0.05, 0.1) is 16.4 Å². The van der Waals surface area contributed by atoms with E-state index >= 15 is 0 Å². The van der Waals surface area contributed by atoms with Crippen LogP contribution in [0.5, 0.6) is 0 Å². The zero-order valence-electron chi connectivity index (χ0n) is 15.3.